The number of benzene rings is 1. The van der Waals surface area contributed by atoms with E-state index < -0.39 is 9.84 Å². The summed E-state index contributed by atoms with van der Waals surface area (Å²) in [6.07, 6.45) is 0. The maximum atomic E-state index is 12.8. The Kier molecular flexibility index (Phi) is 3.78. The fourth-order valence-corrected chi connectivity index (χ4v) is 3.87. The van der Waals surface area contributed by atoms with E-state index >= 15 is 0 Å². The predicted molar refractivity (Wildman–Crippen MR) is 85.5 cm³/mol. The van der Waals surface area contributed by atoms with Crippen LogP contribution in [0, 0.1) is 13.8 Å². The topological polar surface area (TPSA) is 90.6 Å². The molecular weight excluding hydrogens is 361 g/mol. The van der Waals surface area contributed by atoms with Crippen molar-refractivity contribution in [2.75, 3.05) is 0 Å². The smallest absolute Gasteiger partial charge is 0.260 e. The summed E-state index contributed by atoms with van der Waals surface area (Å²) in [7, 11) is -2.38. The minimum atomic E-state index is -3.95. The van der Waals surface area contributed by atoms with E-state index in [0.29, 0.717) is 21.9 Å². The van der Waals surface area contributed by atoms with Crippen molar-refractivity contribution < 1.29 is 8.42 Å². The third-order valence-corrected chi connectivity index (χ3v) is 5.84. The molecule has 0 atom stereocenters. The zero-order valence-corrected chi connectivity index (χ0v) is 14.7. The van der Waals surface area contributed by atoms with Crippen LogP contribution < -0.4 is 0 Å². The van der Waals surface area contributed by atoms with E-state index in [2.05, 4.69) is 20.2 Å². The molecule has 120 valence electrons. The number of aromatic nitrogens is 5. The van der Waals surface area contributed by atoms with Crippen molar-refractivity contribution in [3.63, 3.8) is 0 Å². The second kappa shape index (κ2) is 5.40. The first-order valence-electron chi connectivity index (χ1n) is 6.46. The highest BCUT2D eigenvalue weighted by Gasteiger charge is 2.29. The molecule has 0 aliphatic rings. The van der Waals surface area contributed by atoms with Gasteiger partial charge in [0.2, 0.25) is 0 Å². The molecule has 0 unspecified atom stereocenters. The number of halogens is 2. The van der Waals surface area contributed by atoms with Gasteiger partial charge in [0.1, 0.15) is 5.82 Å². The van der Waals surface area contributed by atoms with Crippen molar-refractivity contribution in [3.05, 3.63) is 33.7 Å². The molecule has 0 bridgehead atoms. The van der Waals surface area contributed by atoms with Crippen LogP contribution in [0.3, 0.4) is 0 Å². The third-order valence-electron chi connectivity index (χ3n) is 3.38. The number of hydrogen-bond donors (Lipinski definition) is 0. The second-order valence-electron chi connectivity index (χ2n) is 4.96. The van der Waals surface area contributed by atoms with Crippen molar-refractivity contribution in [3.8, 4) is 0 Å². The van der Waals surface area contributed by atoms with Gasteiger partial charge < -0.3 is 4.57 Å². The summed E-state index contributed by atoms with van der Waals surface area (Å²) in [4.78, 5) is 8.46. The lowest BCUT2D eigenvalue weighted by Crippen LogP contribution is -2.13. The number of sulfone groups is 1. The van der Waals surface area contributed by atoms with Gasteiger partial charge in [0, 0.05) is 7.05 Å². The first-order valence-corrected chi connectivity index (χ1v) is 8.70. The monoisotopic (exact) mass is 371 g/mol. The van der Waals surface area contributed by atoms with Gasteiger partial charge in [-0.2, -0.15) is 0 Å². The van der Waals surface area contributed by atoms with Gasteiger partial charge >= 0.3 is 0 Å². The molecule has 7 nitrogen and oxygen atoms in total. The average Bonchev–Trinajstić information content (AvgIpc) is 2.80. The molecule has 1 aromatic carbocycles. The van der Waals surface area contributed by atoms with Gasteiger partial charge in [-0.15, -0.1) is 10.2 Å². The Morgan fingerprint density at radius 1 is 1.00 bits per heavy atom. The van der Waals surface area contributed by atoms with E-state index in [9.17, 15) is 8.42 Å². The predicted octanol–water partition coefficient (Wildman–Crippen LogP) is 2.51. The molecule has 23 heavy (non-hydrogen) atoms. The molecule has 0 fully saturated rings. The van der Waals surface area contributed by atoms with Crippen molar-refractivity contribution in [1.29, 1.82) is 0 Å². The molecule has 3 aromatic rings. The largest absolute Gasteiger partial charge is 0.305 e. The SMILES string of the molecule is Cc1nc2cc(Cl)c(Cl)cc2nc1S(=O)(=O)c1nnc(C)n1C. The van der Waals surface area contributed by atoms with Gasteiger partial charge in [-0.3, -0.25) is 0 Å². The summed E-state index contributed by atoms with van der Waals surface area (Å²) in [6, 6.07) is 3.02. The van der Waals surface area contributed by atoms with Gasteiger partial charge in [-0.1, -0.05) is 23.2 Å². The normalized spacial score (nSPS) is 12.0. The molecule has 0 saturated carbocycles. The molecule has 0 amide bonds. The van der Waals surface area contributed by atoms with Gasteiger partial charge in [0.25, 0.3) is 15.0 Å². The van der Waals surface area contributed by atoms with E-state index in [1.165, 1.54) is 10.6 Å². The number of aryl methyl sites for hydroxylation is 2. The summed E-state index contributed by atoms with van der Waals surface area (Å²) < 4.78 is 27.0. The van der Waals surface area contributed by atoms with Gasteiger partial charge in [0.05, 0.1) is 26.8 Å². The Bertz CT molecular complexity index is 1050. The zero-order valence-electron chi connectivity index (χ0n) is 12.4. The highest BCUT2D eigenvalue weighted by atomic mass is 35.5. The van der Waals surface area contributed by atoms with Crippen molar-refractivity contribution >= 4 is 44.1 Å². The number of fused-ring (bicyclic) bond motifs is 1. The lowest BCUT2D eigenvalue weighted by atomic mass is 10.3. The molecule has 0 radical (unpaired) electrons. The van der Waals surface area contributed by atoms with Gasteiger partial charge in [-0.25, -0.2) is 18.4 Å². The Morgan fingerprint density at radius 2 is 1.57 bits per heavy atom. The van der Waals surface area contributed by atoms with Crippen LogP contribution in [0.1, 0.15) is 11.5 Å². The standard InChI is InChI=1S/C13H11Cl2N5O2S/c1-6-12(23(21,22)13-19-18-7(2)20(13)3)17-11-5-9(15)8(14)4-10(11)16-6/h4-5H,1-3H3. The molecule has 0 saturated heterocycles. The molecule has 10 heteroatoms. The molecule has 3 rings (SSSR count). The summed E-state index contributed by atoms with van der Waals surface area (Å²) in [6.45, 7) is 3.22. The molecule has 2 heterocycles. The number of rotatable bonds is 2. The van der Waals surface area contributed by atoms with Gasteiger partial charge in [0.15, 0.2) is 5.03 Å². The van der Waals surface area contributed by atoms with E-state index in [0.717, 1.165) is 0 Å². The number of nitrogens with zero attached hydrogens (tertiary/aromatic N) is 5. The van der Waals surface area contributed by atoms with Crippen molar-refractivity contribution in [1.82, 2.24) is 24.7 Å². The summed E-state index contributed by atoms with van der Waals surface area (Å²) in [5, 5.41) is 7.73. The molecule has 0 N–H and O–H groups in total. The van der Waals surface area contributed by atoms with Crippen LogP contribution in [-0.2, 0) is 16.9 Å². The Morgan fingerprint density at radius 3 is 2.09 bits per heavy atom. The van der Waals surface area contributed by atoms with E-state index in [1.54, 1.807) is 27.0 Å². The minimum absolute atomic E-state index is 0.182. The van der Waals surface area contributed by atoms with E-state index in [4.69, 9.17) is 23.2 Å². The van der Waals surface area contributed by atoms with Crippen LogP contribution in [0.15, 0.2) is 22.3 Å². The zero-order chi connectivity index (χ0) is 16.9. The molecule has 0 spiro atoms. The highest BCUT2D eigenvalue weighted by Crippen LogP contribution is 2.28. The molecular formula is C13H11Cl2N5O2S. The maximum absolute atomic E-state index is 12.8. The Labute approximate surface area is 142 Å². The summed E-state index contributed by atoms with van der Waals surface area (Å²) in [5.41, 5.74) is 1.05. The fraction of sp³-hybridized carbons (Fsp3) is 0.231. The van der Waals surface area contributed by atoms with Crippen LogP contribution in [0.2, 0.25) is 10.0 Å². The first kappa shape index (κ1) is 16.1. The second-order valence-corrected chi connectivity index (χ2v) is 7.53. The quantitative estimate of drug-likeness (QED) is 0.687. The molecule has 0 aliphatic heterocycles. The Balaban J connectivity index is 2.29. The van der Waals surface area contributed by atoms with E-state index in [1.807, 2.05) is 0 Å². The third kappa shape index (κ3) is 2.56. The summed E-state index contributed by atoms with van der Waals surface area (Å²) >= 11 is 11.9. The minimum Gasteiger partial charge on any atom is -0.305 e. The van der Waals surface area contributed by atoms with Gasteiger partial charge in [-0.05, 0) is 26.0 Å². The maximum Gasteiger partial charge on any atom is 0.260 e. The fourth-order valence-electron chi connectivity index (χ4n) is 2.09. The van der Waals surface area contributed by atoms with Crippen LogP contribution in [0.5, 0.6) is 0 Å². The molecule has 0 aliphatic carbocycles. The van der Waals surface area contributed by atoms with Crippen molar-refractivity contribution in [2.45, 2.75) is 24.0 Å². The van der Waals surface area contributed by atoms with Crippen molar-refractivity contribution in [2.24, 2.45) is 7.05 Å². The number of hydrogen-bond acceptors (Lipinski definition) is 6. The lowest BCUT2D eigenvalue weighted by Gasteiger charge is -2.08. The average molecular weight is 372 g/mol. The first-order chi connectivity index (χ1) is 10.7. The van der Waals surface area contributed by atoms with Crippen LogP contribution in [-0.4, -0.2) is 33.2 Å². The Hall–Kier alpha value is -1.77. The van der Waals surface area contributed by atoms with Crippen LogP contribution in [0.4, 0.5) is 0 Å². The summed E-state index contributed by atoms with van der Waals surface area (Å²) in [5.74, 6) is 0.477. The molecule has 2 aromatic heterocycles. The van der Waals surface area contributed by atoms with Crippen LogP contribution in [0.25, 0.3) is 11.0 Å². The highest BCUT2D eigenvalue weighted by molar-refractivity contribution is 7.91. The lowest BCUT2D eigenvalue weighted by molar-refractivity contribution is 0.572. The van der Waals surface area contributed by atoms with Crippen LogP contribution >= 0.6 is 23.2 Å². The van der Waals surface area contributed by atoms with E-state index in [-0.39, 0.29) is 20.9 Å².